The van der Waals surface area contributed by atoms with Gasteiger partial charge in [0.05, 0.1) is 5.69 Å². The molecule has 0 spiro atoms. The monoisotopic (exact) mass is 417 g/mol. The molecule has 2 heterocycles. The molecule has 4 rings (SSSR count). The van der Waals surface area contributed by atoms with Crippen molar-refractivity contribution in [3.05, 3.63) is 71.8 Å². The number of Topliss-reactive ketones (excluding diaryl/α,β-unsaturated/α-hetero) is 1. The molecule has 0 aliphatic carbocycles. The van der Waals surface area contributed by atoms with Gasteiger partial charge in [0, 0.05) is 54.6 Å². The Kier molecular flexibility index (Phi) is 6.14. The highest BCUT2D eigenvalue weighted by Gasteiger charge is 2.23. The number of carbonyl (C=O) groups is 1. The Hall–Kier alpha value is -3.05. The largest absolute Gasteiger partial charge is 0.370 e. The molecule has 0 unspecified atom stereocenters. The second kappa shape index (κ2) is 8.98. The summed E-state index contributed by atoms with van der Waals surface area (Å²) in [5.41, 5.74) is 12.3. The Morgan fingerprint density at radius 1 is 1.10 bits per heavy atom. The number of hydrogen-bond acceptors (Lipinski definition) is 4. The molecule has 2 aromatic carbocycles. The summed E-state index contributed by atoms with van der Waals surface area (Å²) in [7, 11) is 0. The standard InChI is InChI=1S/C26H28FN3O/c1-3-25(31)19-6-4-5-18(13-19)23-15-29-16-24(20-11-17(2)12-21(27)14-20)26(23)30-9-7-22(28)8-10-30/h4-6,11-16,22H,3,7-10,28H2,1-2H3. The van der Waals surface area contributed by atoms with Crippen LogP contribution < -0.4 is 10.6 Å². The lowest BCUT2D eigenvalue weighted by Gasteiger charge is -2.35. The van der Waals surface area contributed by atoms with Crippen LogP contribution in [0.25, 0.3) is 22.3 Å². The number of aryl methyl sites for hydroxylation is 1. The number of carbonyl (C=O) groups excluding carboxylic acids is 1. The van der Waals surface area contributed by atoms with Crippen molar-refractivity contribution in [3.63, 3.8) is 0 Å². The first-order chi connectivity index (χ1) is 15.0. The van der Waals surface area contributed by atoms with E-state index in [1.807, 2.05) is 56.6 Å². The zero-order chi connectivity index (χ0) is 22.0. The van der Waals surface area contributed by atoms with Gasteiger partial charge in [0.25, 0.3) is 0 Å². The molecule has 1 fully saturated rings. The first kappa shape index (κ1) is 21.2. The van der Waals surface area contributed by atoms with Crippen LogP contribution in [0.15, 0.2) is 54.9 Å². The summed E-state index contributed by atoms with van der Waals surface area (Å²) in [5, 5.41) is 0. The number of aromatic nitrogens is 1. The van der Waals surface area contributed by atoms with Crippen molar-refractivity contribution >= 4 is 11.5 Å². The van der Waals surface area contributed by atoms with Crippen LogP contribution in [-0.2, 0) is 0 Å². The third-order valence-electron chi connectivity index (χ3n) is 5.94. The van der Waals surface area contributed by atoms with Crippen molar-refractivity contribution in [2.24, 2.45) is 5.73 Å². The van der Waals surface area contributed by atoms with Crippen LogP contribution in [0.2, 0.25) is 0 Å². The highest BCUT2D eigenvalue weighted by Crippen LogP contribution is 2.40. The first-order valence-corrected chi connectivity index (χ1v) is 10.9. The fourth-order valence-electron chi connectivity index (χ4n) is 4.30. The average Bonchev–Trinajstić information content (AvgIpc) is 2.78. The molecule has 0 radical (unpaired) electrons. The molecule has 5 heteroatoms. The summed E-state index contributed by atoms with van der Waals surface area (Å²) in [4.78, 5) is 19.1. The minimum Gasteiger partial charge on any atom is -0.370 e. The minimum absolute atomic E-state index is 0.109. The fourth-order valence-corrected chi connectivity index (χ4v) is 4.30. The van der Waals surface area contributed by atoms with E-state index in [0.717, 1.165) is 59.4 Å². The van der Waals surface area contributed by atoms with Crippen molar-refractivity contribution in [2.75, 3.05) is 18.0 Å². The number of pyridine rings is 1. The number of halogens is 1. The van der Waals surface area contributed by atoms with E-state index in [-0.39, 0.29) is 17.6 Å². The molecule has 0 bridgehead atoms. The van der Waals surface area contributed by atoms with Crippen LogP contribution in [0.1, 0.15) is 42.1 Å². The van der Waals surface area contributed by atoms with Crippen molar-refractivity contribution in [1.29, 1.82) is 0 Å². The lowest BCUT2D eigenvalue weighted by molar-refractivity contribution is 0.0988. The lowest BCUT2D eigenvalue weighted by Crippen LogP contribution is -2.40. The summed E-state index contributed by atoms with van der Waals surface area (Å²) < 4.78 is 14.3. The second-order valence-electron chi connectivity index (χ2n) is 8.28. The number of nitrogens with zero attached hydrogens (tertiary/aromatic N) is 2. The Balaban J connectivity index is 1.90. The van der Waals surface area contributed by atoms with E-state index >= 15 is 0 Å². The average molecular weight is 418 g/mol. The lowest BCUT2D eigenvalue weighted by atomic mass is 9.94. The predicted molar refractivity (Wildman–Crippen MR) is 124 cm³/mol. The zero-order valence-electron chi connectivity index (χ0n) is 18.1. The summed E-state index contributed by atoms with van der Waals surface area (Å²) >= 11 is 0. The SMILES string of the molecule is CCC(=O)c1cccc(-c2cncc(-c3cc(C)cc(F)c3)c2N2CCC(N)CC2)c1. The highest BCUT2D eigenvalue weighted by molar-refractivity contribution is 5.98. The van der Waals surface area contributed by atoms with Crippen molar-refractivity contribution < 1.29 is 9.18 Å². The number of benzene rings is 2. The van der Waals surface area contributed by atoms with Crippen molar-refractivity contribution in [2.45, 2.75) is 39.2 Å². The normalized spacial score (nSPS) is 14.6. The van der Waals surface area contributed by atoms with Crippen LogP contribution >= 0.6 is 0 Å². The molecule has 4 nitrogen and oxygen atoms in total. The molecule has 31 heavy (non-hydrogen) atoms. The Morgan fingerprint density at radius 3 is 2.48 bits per heavy atom. The Bertz CT molecular complexity index is 1080. The maximum atomic E-state index is 14.3. The Morgan fingerprint density at radius 2 is 1.81 bits per heavy atom. The molecular weight excluding hydrogens is 389 g/mol. The number of rotatable bonds is 5. The zero-order valence-corrected chi connectivity index (χ0v) is 18.1. The number of ketones is 1. The molecule has 2 N–H and O–H groups in total. The van der Waals surface area contributed by atoms with E-state index in [1.165, 1.54) is 6.07 Å². The van der Waals surface area contributed by atoms with Crippen LogP contribution in [0, 0.1) is 12.7 Å². The predicted octanol–water partition coefficient (Wildman–Crippen LogP) is 5.38. The van der Waals surface area contributed by atoms with E-state index in [2.05, 4.69) is 9.88 Å². The van der Waals surface area contributed by atoms with Crippen molar-refractivity contribution in [1.82, 2.24) is 4.98 Å². The quantitative estimate of drug-likeness (QED) is 0.566. The Labute approximate surface area is 182 Å². The number of anilines is 1. The molecule has 1 aromatic heterocycles. The molecule has 1 aliphatic rings. The van der Waals surface area contributed by atoms with Crippen LogP contribution in [0.4, 0.5) is 10.1 Å². The molecule has 1 aliphatic heterocycles. The molecule has 0 amide bonds. The molecule has 3 aromatic rings. The minimum atomic E-state index is -0.262. The number of nitrogens with two attached hydrogens (primary N) is 1. The van der Waals surface area contributed by atoms with Crippen LogP contribution in [-0.4, -0.2) is 29.9 Å². The van der Waals surface area contributed by atoms with Gasteiger partial charge in [-0.3, -0.25) is 9.78 Å². The van der Waals surface area contributed by atoms with Gasteiger partial charge in [-0.15, -0.1) is 0 Å². The molecule has 0 atom stereocenters. The molecule has 1 saturated heterocycles. The van der Waals surface area contributed by atoms with Gasteiger partial charge in [-0.25, -0.2) is 4.39 Å². The highest BCUT2D eigenvalue weighted by atomic mass is 19.1. The molecule has 160 valence electrons. The van der Waals surface area contributed by atoms with E-state index in [0.29, 0.717) is 12.0 Å². The fraction of sp³-hybridized carbons (Fsp3) is 0.308. The van der Waals surface area contributed by atoms with E-state index in [1.54, 1.807) is 6.07 Å². The maximum absolute atomic E-state index is 14.3. The van der Waals surface area contributed by atoms with Gasteiger partial charge >= 0.3 is 0 Å². The third-order valence-corrected chi connectivity index (χ3v) is 5.94. The summed E-state index contributed by atoms with van der Waals surface area (Å²) in [6, 6.07) is 13.0. The third kappa shape index (κ3) is 4.52. The van der Waals surface area contributed by atoms with Gasteiger partial charge < -0.3 is 10.6 Å². The molecular formula is C26H28FN3O. The van der Waals surface area contributed by atoms with Gasteiger partial charge in [-0.2, -0.15) is 0 Å². The van der Waals surface area contributed by atoms with Gasteiger partial charge in [0.1, 0.15) is 5.82 Å². The molecule has 0 saturated carbocycles. The van der Waals surface area contributed by atoms with Gasteiger partial charge in [0.2, 0.25) is 0 Å². The van der Waals surface area contributed by atoms with Gasteiger partial charge in [-0.1, -0.05) is 31.2 Å². The second-order valence-corrected chi connectivity index (χ2v) is 8.28. The smallest absolute Gasteiger partial charge is 0.162 e. The maximum Gasteiger partial charge on any atom is 0.162 e. The van der Waals surface area contributed by atoms with Crippen LogP contribution in [0.3, 0.4) is 0 Å². The first-order valence-electron chi connectivity index (χ1n) is 10.9. The summed E-state index contributed by atoms with van der Waals surface area (Å²) in [6.45, 7) is 5.41. The summed E-state index contributed by atoms with van der Waals surface area (Å²) in [5.74, 6) is -0.153. The topological polar surface area (TPSA) is 59.2 Å². The van der Waals surface area contributed by atoms with E-state index < -0.39 is 0 Å². The van der Waals surface area contributed by atoms with E-state index in [9.17, 15) is 9.18 Å². The van der Waals surface area contributed by atoms with Crippen LogP contribution in [0.5, 0.6) is 0 Å². The van der Waals surface area contributed by atoms with E-state index in [4.69, 9.17) is 5.73 Å². The van der Waals surface area contributed by atoms with Gasteiger partial charge in [-0.05, 0) is 54.7 Å². The summed E-state index contributed by atoms with van der Waals surface area (Å²) in [6.07, 6.45) is 5.91. The van der Waals surface area contributed by atoms with Crippen molar-refractivity contribution in [3.8, 4) is 22.3 Å². The number of hydrogen-bond donors (Lipinski definition) is 1. The van der Waals surface area contributed by atoms with Gasteiger partial charge in [0.15, 0.2) is 5.78 Å². The number of piperidine rings is 1.